The molecule has 0 aliphatic heterocycles. The van der Waals surface area contributed by atoms with Gasteiger partial charge in [-0.3, -0.25) is 4.90 Å². The summed E-state index contributed by atoms with van der Waals surface area (Å²) in [5.41, 5.74) is 7.69. The van der Waals surface area contributed by atoms with Crippen LogP contribution in [0.2, 0.25) is 0 Å². The number of anilines is 2. The largest absolute Gasteiger partial charge is 0.489 e. The summed E-state index contributed by atoms with van der Waals surface area (Å²) in [7, 11) is 0. The number of benzene rings is 1. The van der Waals surface area contributed by atoms with E-state index in [1.807, 2.05) is 32.0 Å². The summed E-state index contributed by atoms with van der Waals surface area (Å²) < 4.78 is 5.71. The van der Waals surface area contributed by atoms with E-state index in [2.05, 4.69) is 17.1 Å². The minimum Gasteiger partial charge on any atom is -0.489 e. The van der Waals surface area contributed by atoms with Gasteiger partial charge in [0.2, 0.25) is 0 Å². The Morgan fingerprint density at radius 3 is 2.75 bits per heavy atom. The van der Waals surface area contributed by atoms with Gasteiger partial charge >= 0.3 is 0 Å². The first-order valence-electron chi connectivity index (χ1n) is 7.64. The van der Waals surface area contributed by atoms with Crippen molar-refractivity contribution in [1.82, 2.24) is 4.90 Å². The second-order valence-electron chi connectivity index (χ2n) is 5.71. The topological polar surface area (TPSA) is 50.5 Å². The van der Waals surface area contributed by atoms with Gasteiger partial charge in [0.15, 0.2) is 0 Å². The highest BCUT2D eigenvalue weighted by Crippen LogP contribution is 2.27. The van der Waals surface area contributed by atoms with Gasteiger partial charge in [-0.15, -0.1) is 0 Å². The molecule has 0 heterocycles. The van der Waals surface area contributed by atoms with E-state index in [0.29, 0.717) is 5.69 Å². The molecule has 1 saturated carbocycles. The highest BCUT2D eigenvalue weighted by Gasteiger charge is 2.27. The third-order valence-electron chi connectivity index (χ3n) is 3.57. The van der Waals surface area contributed by atoms with Crippen molar-refractivity contribution < 1.29 is 4.74 Å². The Kier molecular flexibility index (Phi) is 5.12. The lowest BCUT2D eigenvalue weighted by atomic mass is 10.2. The van der Waals surface area contributed by atoms with Crippen LogP contribution in [0.15, 0.2) is 18.2 Å². The lowest BCUT2D eigenvalue weighted by Gasteiger charge is -2.20. The molecule has 1 aromatic carbocycles. The monoisotopic (exact) mass is 277 g/mol. The Morgan fingerprint density at radius 2 is 2.15 bits per heavy atom. The van der Waals surface area contributed by atoms with Crippen LogP contribution in [0.1, 0.15) is 33.6 Å². The molecule has 0 unspecified atom stereocenters. The smallest absolute Gasteiger partial charge is 0.144 e. The molecule has 1 fully saturated rings. The molecule has 2 rings (SSSR count). The van der Waals surface area contributed by atoms with Crippen molar-refractivity contribution in [2.45, 2.75) is 45.8 Å². The molecule has 0 saturated heterocycles. The average molecular weight is 277 g/mol. The van der Waals surface area contributed by atoms with Crippen LogP contribution in [0, 0.1) is 0 Å². The van der Waals surface area contributed by atoms with Gasteiger partial charge in [0.05, 0.1) is 11.8 Å². The first-order chi connectivity index (χ1) is 9.60. The predicted octanol–water partition coefficient (Wildman–Crippen LogP) is 2.95. The van der Waals surface area contributed by atoms with Crippen molar-refractivity contribution in [1.29, 1.82) is 0 Å². The Labute approximate surface area is 122 Å². The van der Waals surface area contributed by atoms with Gasteiger partial charge in [0.1, 0.15) is 5.75 Å². The molecule has 0 spiro atoms. The number of nitrogens with one attached hydrogen (secondary N) is 1. The van der Waals surface area contributed by atoms with Crippen LogP contribution in [0.3, 0.4) is 0 Å². The summed E-state index contributed by atoms with van der Waals surface area (Å²) in [5, 5.41) is 3.46. The fourth-order valence-corrected chi connectivity index (χ4v) is 2.38. The SMILES string of the molecule is CCN(CCNc1ccc(N)c(OC(C)C)c1)C1CC1. The Balaban J connectivity index is 1.85. The second-order valence-corrected chi connectivity index (χ2v) is 5.71. The number of nitrogens with zero attached hydrogens (tertiary/aromatic N) is 1. The molecule has 0 radical (unpaired) electrons. The maximum atomic E-state index is 5.92. The first kappa shape index (κ1) is 15.0. The molecule has 3 N–H and O–H groups in total. The third kappa shape index (κ3) is 4.30. The standard InChI is InChI=1S/C16H27N3O/c1-4-19(14-6-7-14)10-9-18-13-5-8-15(17)16(11-13)20-12(2)3/h5,8,11-12,14,18H,4,6-7,9-10,17H2,1-3H3. The quantitative estimate of drug-likeness (QED) is 0.717. The second kappa shape index (κ2) is 6.84. The van der Waals surface area contributed by atoms with E-state index in [0.717, 1.165) is 37.1 Å². The van der Waals surface area contributed by atoms with Crippen molar-refractivity contribution >= 4 is 11.4 Å². The molecule has 0 bridgehead atoms. The number of ether oxygens (including phenoxy) is 1. The third-order valence-corrected chi connectivity index (χ3v) is 3.57. The van der Waals surface area contributed by atoms with Crippen LogP contribution >= 0.6 is 0 Å². The van der Waals surface area contributed by atoms with Crippen molar-refractivity contribution in [2.24, 2.45) is 0 Å². The Morgan fingerprint density at radius 1 is 1.40 bits per heavy atom. The highest BCUT2D eigenvalue weighted by atomic mass is 16.5. The predicted molar refractivity (Wildman–Crippen MR) is 85.4 cm³/mol. The molecule has 1 aliphatic carbocycles. The number of likely N-dealkylation sites (N-methyl/N-ethyl adjacent to an activating group) is 1. The van der Waals surface area contributed by atoms with Gasteiger partial charge in [-0.25, -0.2) is 0 Å². The fraction of sp³-hybridized carbons (Fsp3) is 0.625. The van der Waals surface area contributed by atoms with Gasteiger partial charge in [0.25, 0.3) is 0 Å². The molecule has 4 heteroatoms. The summed E-state index contributed by atoms with van der Waals surface area (Å²) in [6.07, 6.45) is 2.86. The minimum atomic E-state index is 0.137. The summed E-state index contributed by atoms with van der Waals surface area (Å²) in [4.78, 5) is 2.54. The summed E-state index contributed by atoms with van der Waals surface area (Å²) in [5.74, 6) is 0.763. The zero-order valence-corrected chi connectivity index (χ0v) is 12.9. The molecule has 0 amide bonds. The van der Waals surface area contributed by atoms with Crippen LogP contribution in [0.4, 0.5) is 11.4 Å². The van der Waals surface area contributed by atoms with Crippen LogP contribution in [-0.4, -0.2) is 36.7 Å². The van der Waals surface area contributed by atoms with E-state index >= 15 is 0 Å². The molecular formula is C16H27N3O. The van der Waals surface area contributed by atoms with E-state index in [4.69, 9.17) is 10.5 Å². The van der Waals surface area contributed by atoms with Gasteiger partial charge < -0.3 is 15.8 Å². The van der Waals surface area contributed by atoms with Crippen LogP contribution < -0.4 is 15.8 Å². The molecule has 0 aromatic heterocycles. The van der Waals surface area contributed by atoms with E-state index in [1.54, 1.807) is 0 Å². The molecular weight excluding hydrogens is 250 g/mol. The highest BCUT2D eigenvalue weighted by molar-refractivity contribution is 5.61. The van der Waals surface area contributed by atoms with Crippen LogP contribution in [0.25, 0.3) is 0 Å². The molecule has 112 valence electrons. The normalized spacial score (nSPS) is 14.8. The van der Waals surface area contributed by atoms with E-state index in [-0.39, 0.29) is 6.10 Å². The Bertz CT molecular complexity index is 430. The zero-order chi connectivity index (χ0) is 14.5. The number of hydrogen-bond donors (Lipinski definition) is 2. The fourth-order valence-electron chi connectivity index (χ4n) is 2.38. The molecule has 4 nitrogen and oxygen atoms in total. The summed E-state index contributed by atoms with van der Waals surface area (Å²) in [6.45, 7) is 9.43. The van der Waals surface area contributed by atoms with Gasteiger partial charge in [-0.1, -0.05) is 6.92 Å². The van der Waals surface area contributed by atoms with Crippen molar-refractivity contribution in [3.05, 3.63) is 18.2 Å². The average Bonchev–Trinajstić information content (AvgIpc) is 3.22. The minimum absolute atomic E-state index is 0.137. The number of rotatable bonds is 8. The number of hydrogen-bond acceptors (Lipinski definition) is 4. The van der Waals surface area contributed by atoms with Crippen LogP contribution in [0.5, 0.6) is 5.75 Å². The van der Waals surface area contributed by atoms with Crippen LogP contribution in [-0.2, 0) is 0 Å². The number of nitrogens with two attached hydrogens (primary N) is 1. The Hall–Kier alpha value is -1.42. The maximum absolute atomic E-state index is 5.92. The van der Waals surface area contributed by atoms with Crippen molar-refractivity contribution in [3.8, 4) is 5.75 Å². The van der Waals surface area contributed by atoms with E-state index in [1.165, 1.54) is 12.8 Å². The lowest BCUT2D eigenvalue weighted by molar-refractivity contribution is 0.244. The van der Waals surface area contributed by atoms with Gasteiger partial charge in [-0.05, 0) is 45.4 Å². The van der Waals surface area contributed by atoms with E-state index in [9.17, 15) is 0 Å². The molecule has 1 aliphatic rings. The van der Waals surface area contributed by atoms with E-state index < -0.39 is 0 Å². The molecule has 20 heavy (non-hydrogen) atoms. The summed E-state index contributed by atoms with van der Waals surface area (Å²) in [6, 6.07) is 6.73. The maximum Gasteiger partial charge on any atom is 0.144 e. The lowest BCUT2D eigenvalue weighted by Crippen LogP contribution is -2.30. The molecule has 1 aromatic rings. The van der Waals surface area contributed by atoms with Gasteiger partial charge in [0, 0.05) is 30.9 Å². The van der Waals surface area contributed by atoms with Gasteiger partial charge in [-0.2, -0.15) is 0 Å². The van der Waals surface area contributed by atoms with Crippen molar-refractivity contribution in [3.63, 3.8) is 0 Å². The zero-order valence-electron chi connectivity index (χ0n) is 12.9. The first-order valence-corrected chi connectivity index (χ1v) is 7.64. The molecule has 0 atom stereocenters. The number of nitrogen functional groups attached to an aromatic ring is 1. The van der Waals surface area contributed by atoms with Crippen molar-refractivity contribution in [2.75, 3.05) is 30.7 Å². The summed E-state index contributed by atoms with van der Waals surface area (Å²) >= 11 is 0.